The molecule has 0 saturated carbocycles. The first kappa shape index (κ1) is 10.4. The van der Waals surface area contributed by atoms with Gasteiger partial charge in [0.15, 0.2) is 0 Å². The van der Waals surface area contributed by atoms with Gasteiger partial charge in [-0.15, -0.1) is 4.09 Å². The quantitative estimate of drug-likeness (QED) is 0.687. The second-order valence-corrected chi connectivity index (χ2v) is 5.72. The molecule has 0 unspecified atom stereocenters. The van der Waals surface area contributed by atoms with Crippen LogP contribution in [0.3, 0.4) is 0 Å². The van der Waals surface area contributed by atoms with E-state index in [4.69, 9.17) is 5.73 Å². The van der Waals surface area contributed by atoms with Gasteiger partial charge >= 0.3 is 0 Å². The van der Waals surface area contributed by atoms with E-state index in [0.717, 1.165) is 34.6 Å². The smallest absolute Gasteiger partial charge is 0.252 e. The monoisotopic (exact) mass is 230 g/mol. The van der Waals surface area contributed by atoms with Gasteiger partial charge in [0.05, 0.1) is 11.9 Å². The lowest BCUT2D eigenvalue weighted by Gasteiger charge is -2.20. The summed E-state index contributed by atoms with van der Waals surface area (Å²) in [6, 6.07) is 0. The highest BCUT2D eigenvalue weighted by molar-refractivity contribution is 7.89. The van der Waals surface area contributed by atoms with Crippen LogP contribution in [0.4, 0.5) is 5.82 Å². The molecular formula is C8H14N4O2S. The number of hydrogen-bond acceptors (Lipinski definition) is 5. The molecule has 2 heterocycles. The highest BCUT2D eigenvalue weighted by atomic mass is 32.2. The Morgan fingerprint density at radius 3 is 2.73 bits per heavy atom. The van der Waals surface area contributed by atoms with Crippen LogP contribution in [0.5, 0.6) is 0 Å². The Hall–Kier alpha value is -1.08. The first-order chi connectivity index (χ1) is 6.89. The summed E-state index contributed by atoms with van der Waals surface area (Å²) in [6.45, 7) is 1.54. The predicted molar refractivity (Wildman–Crippen MR) is 56.9 cm³/mol. The van der Waals surface area contributed by atoms with Crippen LogP contribution in [0, 0.1) is 0 Å². The first-order valence-corrected chi connectivity index (χ1v) is 6.50. The van der Waals surface area contributed by atoms with Crippen molar-refractivity contribution in [1.82, 2.24) is 14.1 Å². The van der Waals surface area contributed by atoms with Gasteiger partial charge in [-0.3, -0.25) is 0 Å². The van der Waals surface area contributed by atoms with E-state index in [1.807, 2.05) is 7.05 Å². The van der Waals surface area contributed by atoms with Crippen molar-refractivity contribution in [1.29, 1.82) is 0 Å². The summed E-state index contributed by atoms with van der Waals surface area (Å²) in [5.74, 6) is 0.264. The molecule has 7 heteroatoms. The summed E-state index contributed by atoms with van der Waals surface area (Å²) in [6.07, 6.45) is 1.86. The van der Waals surface area contributed by atoms with Crippen molar-refractivity contribution >= 4 is 15.8 Å². The Balaban J connectivity index is 2.55. The summed E-state index contributed by atoms with van der Waals surface area (Å²) in [7, 11) is -1.41. The molecule has 15 heavy (non-hydrogen) atoms. The third kappa shape index (κ3) is 1.72. The minimum absolute atomic E-state index is 0.264. The molecule has 0 radical (unpaired) electrons. The van der Waals surface area contributed by atoms with Crippen LogP contribution >= 0.6 is 0 Å². The third-order valence-corrected chi connectivity index (χ3v) is 3.46. The fourth-order valence-corrected chi connectivity index (χ4v) is 2.49. The molecule has 2 rings (SSSR count). The van der Waals surface area contributed by atoms with Crippen molar-refractivity contribution in [3.8, 4) is 0 Å². The van der Waals surface area contributed by atoms with Crippen LogP contribution in [0.2, 0.25) is 0 Å². The standard InChI is InChI=1S/C8H14N4O2S/c1-11-4-3-6-7(5-11)10-12(8(6)9)15(2,13)14/h3-5,9H2,1-2H3. The second kappa shape index (κ2) is 3.21. The maximum absolute atomic E-state index is 11.4. The van der Waals surface area contributed by atoms with Crippen LogP contribution in [0.15, 0.2) is 0 Å². The fourth-order valence-electron chi connectivity index (χ4n) is 1.78. The maximum Gasteiger partial charge on any atom is 0.252 e. The van der Waals surface area contributed by atoms with E-state index in [0.29, 0.717) is 6.54 Å². The van der Waals surface area contributed by atoms with Gasteiger partial charge in [-0.2, -0.15) is 5.10 Å². The highest BCUT2D eigenvalue weighted by Gasteiger charge is 2.24. The van der Waals surface area contributed by atoms with Gasteiger partial charge in [-0.1, -0.05) is 0 Å². The average molecular weight is 230 g/mol. The minimum atomic E-state index is -3.38. The van der Waals surface area contributed by atoms with E-state index in [1.165, 1.54) is 0 Å². The van der Waals surface area contributed by atoms with Crippen LogP contribution in [-0.2, 0) is 23.0 Å². The summed E-state index contributed by atoms with van der Waals surface area (Å²) in [5.41, 5.74) is 7.40. The van der Waals surface area contributed by atoms with Crippen LogP contribution in [-0.4, -0.2) is 42.4 Å². The van der Waals surface area contributed by atoms with Gasteiger partial charge in [0.2, 0.25) is 0 Å². The number of rotatable bonds is 1. The number of nitrogens with zero attached hydrogens (tertiary/aromatic N) is 3. The molecule has 0 atom stereocenters. The number of anilines is 1. The molecule has 0 bridgehead atoms. The number of fused-ring (bicyclic) bond motifs is 1. The predicted octanol–water partition coefficient (Wildman–Crippen LogP) is -0.739. The van der Waals surface area contributed by atoms with Crippen molar-refractivity contribution in [2.24, 2.45) is 0 Å². The van der Waals surface area contributed by atoms with Crippen molar-refractivity contribution in [2.75, 3.05) is 25.6 Å². The molecule has 0 aliphatic carbocycles. The lowest BCUT2D eigenvalue weighted by molar-refractivity contribution is 0.309. The zero-order chi connectivity index (χ0) is 11.2. The number of aromatic nitrogens is 2. The van der Waals surface area contributed by atoms with Crippen molar-refractivity contribution in [2.45, 2.75) is 13.0 Å². The largest absolute Gasteiger partial charge is 0.383 e. The van der Waals surface area contributed by atoms with Gasteiger partial charge in [-0.05, 0) is 13.5 Å². The van der Waals surface area contributed by atoms with E-state index in [2.05, 4.69) is 10.00 Å². The average Bonchev–Trinajstić information content (AvgIpc) is 2.42. The van der Waals surface area contributed by atoms with Gasteiger partial charge in [0.25, 0.3) is 10.0 Å². The summed E-state index contributed by atoms with van der Waals surface area (Å²) in [4.78, 5) is 2.08. The van der Waals surface area contributed by atoms with E-state index < -0.39 is 10.0 Å². The minimum Gasteiger partial charge on any atom is -0.383 e. The van der Waals surface area contributed by atoms with E-state index >= 15 is 0 Å². The molecule has 0 aromatic carbocycles. The van der Waals surface area contributed by atoms with Crippen molar-refractivity contribution in [3.05, 3.63) is 11.3 Å². The molecular weight excluding hydrogens is 216 g/mol. The van der Waals surface area contributed by atoms with Gasteiger partial charge in [0.1, 0.15) is 5.82 Å². The molecule has 84 valence electrons. The Morgan fingerprint density at radius 2 is 2.13 bits per heavy atom. The zero-order valence-corrected chi connectivity index (χ0v) is 9.58. The highest BCUT2D eigenvalue weighted by Crippen LogP contribution is 2.23. The normalized spacial score (nSPS) is 17.7. The molecule has 0 saturated heterocycles. The maximum atomic E-state index is 11.4. The lowest BCUT2D eigenvalue weighted by Crippen LogP contribution is -2.26. The Labute approximate surface area is 88.7 Å². The number of nitrogens with two attached hydrogens (primary N) is 1. The van der Waals surface area contributed by atoms with Crippen LogP contribution < -0.4 is 5.73 Å². The number of nitrogen functional groups attached to an aromatic ring is 1. The molecule has 0 fully saturated rings. The number of likely N-dealkylation sites (N-methyl/N-ethyl adjacent to an activating group) is 1. The first-order valence-electron chi connectivity index (χ1n) is 4.65. The molecule has 1 aromatic rings. The van der Waals surface area contributed by atoms with Gasteiger partial charge in [-0.25, -0.2) is 8.42 Å². The van der Waals surface area contributed by atoms with Crippen molar-refractivity contribution in [3.63, 3.8) is 0 Å². The topological polar surface area (TPSA) is 81.2 Å². The van der Waals surface area contributed by atoms with E-state index in [1.54, 1.807) is 0 Å². The second-order valence-electron chi connectivity index (χ2n) is 3.90. The van der Waals surface area contributed by atoms with Gasteiger partial charge < -0.3 is 10.6 Å². The molecule has 1 aromatic heterocycles. The summed E-state index contributed by atoms with van der Waals surface area (Å²) in [5, 5.41) is 4.03. The van der Waals surface area contributed by atoms with Crippen LogP contribution in [0.25, 0.3) is 0 Å². The Kier molecular flexibility index (Phi) is 2.23. The van der Waals surface area contributed by atoms with E-state index in [-0.39, 0.29) is 5.82 Å². The zero-order valence-electron chi connectivity index (χ0n) is 8.77. The SMILES string of the molecule is CN1CCc2c(nn(S(C)(=O)=O)c2N)C1. The van der Waals surface area contributed by atoms with Crippen LogP contribution in [0.1, 0.15) is 11.3 Å². The number of hydrogen-bond donors (Lipinski definition) is 1. The molecule has 1 aliphatic heterocycles. The third-order valence-electron chi connectivity index (χ3n) is 2.55. The Morgan fingerprint density at radius 1 is 1.47 bits per heavy atom. The summed E-state index contributed by atoms with van der Waals surface area (Å²) >= 11 is 0. The molecule has 2 N–H and O–H groups in total. The molecule has 0 amide bonds. The van der Waals surface area contributed by atoms with E-state index in [9.17, 15) is 8.42 Å². The molecule has 6 nitrogen and oxygen atoms in total. The lowest BCUT2D eigenvalue weighted by atomic mass is 10.1. The molecule has 0 spiro atoms. The van der Waals surface area contributed by atoms with Gasteiger partial charge in [0, 0.05) is 18.7 Å². The fraction of sp³-hybridized carbons (Fsp3) is 0.625. The van der Waals surface area contributed by atoms with Crippen molar-refractivity contribution < 1.29 is 8.42 Å². The summed E-state index contributed by atoms with van der Waals surface area (Å²) < 4.78 is 23.6. The Bertz CT molecular complexity index is 491. The molecule has 1 aliphatic rings.